The Hall–Kier alpha value is -2.23. The second kappa shape index (κ2) is 4.80. The summed E-state index contributed by atoms with van der Waals surface area (Å²) in [6.07, 6.45) is 4.60. The standard InChI is InChI=1S/C15H14N2O2/c1-19-15-13(16-6-7-17-15)14(18)12-8-10-4-2-3-5-11(10)9-12/h2-7,12H,8-9H2,1H3. The molecule has 0 N–H and O–H groups in total. The van der Waals surface area contributed by atoms with Gasteiger partial charge in [0.2, 0.25) is 5.88 Å². The number of aromatic nitrogens is 2. The molecule has 2 aromatic rings. The van der Waals surface area contributed by atoms with Gasteiger partial charge in [-0.3, -0.25) is 4.79 Å². The van der Waals surface area contributed by atoms with Crippen molar-refractivity contribution in [2.45, 2.75) is 12.8 Å². The van der Waals surface area contributed by atoms with Crippen LogP contribution in [0.5, 0.6) is 5.88 Å². The van der Waals surface area contributed by atoms with Crippen molar-refractivity contribution in [2.75, 3.05) is 7.11 Å². The second-order valence-corrected chi connectivity index (χ2v) is 4.65. The number of ketones is 1. The van der Waals surface area contributed by atoms with Crippen LogP contribution in [0.25, 0.3) is 0 Å². The van der Waals surface area contributed by atoms with Crippen molar-refractivity contribution in [1.29, 1.82) is 0 Å². The summed E-state index contributed by atoms with van der Waals surface area (Å²) in [5.41, 5.74) is 2.84. The van der Waals surface area contributed by atoms with E-state index >= 15 is 0 Å². The number of hydrogen-bond donors (Lipinski definition) is 0. The summed E-state index contributed by atoms with van der Waals surface area (Å²) >= 11 is 0. The summed E-state index contributed by atoms with van der Waals surface area (Å²) in [4.78, 5) is 20.7. The Labute approximate surface area is 111 Å². The molecule has 0 aliphatic heterocycles. The molecule has 0 fully saturated rings. The van der Waals surface area contributed by atoms with Gasteiger partial charge in [0.25, 0.3) is 0 Å². The Morgan fingerprint density at radius 2 is 1.79 bits per heavy atom. The predicted molar refractivity (Wildman–Crippen MR) is 70.3 cm³/mol. The van der Waals surface area contributed by atoms with Gasteiger partial charge < -0.3 is 4.74 Å². The lowest BCUT2D eigenvalue weighted by Crippen LogP contribution is -2.17. The molecule has 0 atom stereocenters. The van der Waals surface area contributed by atoms with E-state index in [4.69, 9.17) is 4.74 Å². The first-order valence-corrected chi connectivity index (χ1v) is 6.25. The molecule has 4 nitrogen and oxygen atoms in total. The zero-order chi connectivity index (χ0) is 13.2. The van der Waals surface area contributed by atoms with E-state index in [0.717, 1.165) is 12.8 Å². The van der Waals surface area contributed by atoms with Gasteiger partial charge in [0.15, 0.2) is 11.5 Å². The molecule has 1 aromatic heterocycles. The fourth-order valence-electron chi connectivity index (χ4n) is 2.58. The quantitative estimate of drug-likeness (QED) is 0.787. The fourth-order valence-corrected chi connectivity index (χ4v) is 2.58. The third-order valence-electron chi connectivity index (χ3n) is 3.51. The van der Waals surface area contributed by atoms with Crippen LogP contribution in [0.15, 0.2) is 36.7 Å². The Balaban J connectivity index is 1.87. The van der Waals surface area contributed by atoms with Crippen LogP contribution in [-0.4, -0.2) is 22.9 Å². The zero-order valence-corrected chi connectivity index (χ0v) is 10.7. The first-order chi connectivity index (χ1) is 9.29. The van der Waals surface area contributed by atoms with E-state index in [9.17, 15) is 4.79 Å². The average Bonchev–Trinajstić information content (AvgIpc) is 2.90. The number of benzene rings is 1. The highest BCUT2D eigenvalue weighted by Gasteiger charge is 2.30. The Bertz CT molecular complexity index is 600. The summed E-state index contributed by atoms with van der Waals surface area (Å²) in [7, 11) is 1.50. The first-order valence-electron chi connectivity index (χ1n) is 6.25. The minimum atomic E-state index is -0.0528. The van der Waals surface area contributed by atoms with Crippen LogP contribution in [0.1, 0.15) is 21.6 Å². The third-order valence-corrected chi connectivity index (χ3v) is 3.51. The van der Waals surface area contributed by atoms with Crippen molar-refractivity contribution in [3.8, 4) is 5.88 Å². The highest BCUT2D eigenvalue weighted by atomic mass is 16.5. The molecule has 3 rings (SSSR count). The summed E-state index contributed by atoms with van der Waals surface area (Å²) in [6, 6.07) is 8.18. The van der Waals surface area contributed by atoms with E-state index in [2.05, 4.69) is 22.1 Å². The number of methoxy groups -OCH3 is 1. The van der Waals surface area contributed by atoms with E-state index < -0.39 is 0 Å². The monoisotopic (exact) mass is 254 g/mol. The molecule has 0 radical (unpaired) electrons. The van der Waals surface area contributed by atoms with Crippen molar-refractivity contribution < 1.29 is 9.53 Å². The molecule has 1 aromatic carbocycles. The normalized spacial score (nSPS) is 14.2. The summed E-state index contributed by atoms with van der Waals surface area (Å²) in [5.74, 6) is 0.271. The molecule has 1 aliphatic rings. The van der Waals surface area contributed by atoms with E-state index in [1.54, 1.807) is 0 Å². The molecule has 0 unspecified atom stereocenters. The van der Waals surface area contributed by atoms with Crippen LogP contribution in [0, 0.1) is 5.92 Å². The van der Waals surface area contributed by atoms with Crippen molar-refractivity contribution in [2.24, 2.45) is 5.92 Å². The molecule has 0 saturated carbocycles. The maximum atomic E-state index is 12.5. The fraction of sp³-hybridized carbons (Fsp3) is 0.267. The van der Waals surface area contributed by atoms with E-state index in [1.165, 1.54) is 30.6 Å². The van der Waals surface area contributed by atoms with Gasteiger partial charge in [-0.25, -0.2) is 9.97 Å². The maximum Gasteiger partial charge on any atom is 0.243 e. The van der Waals surface area contributed by atoms with Crippen LogP contribution >= 0.6 is 0 Å². The molecule has 1 heterocycles. The number of fused-ring (bicyclic) bond motifs is 1. The number of Topliss-reactive ketones (excluding diaryl/α,β-unsaturated/α-hetero) is 1. The SMILES string of the molecule is COc1nccnc1C(=O)C1Cc2ccccc2C1. The third kappa shape index (κ3) is 2.10. The summed E-state index contributed by atoms with van der Waals surface area (Å²) in [5, 5.41) is 0. The molecule has 1 aliphatic carbocycles. The van der Waals surface area contributed by atoms with Gasteiger partial charge in [0.05, 0.1) is 7.11 Å². The molecule has 0 spiro atoms. The van der Waals surface area contributed by atoms with Gasteiger partial charge in [-0.05, 0) is 24.0 Å². The van der Waals surface area contributed by atoms with Crippen LogP contribution in [0.3, 0.4) is 0 Å². The molecule has 0 bridgehead atoms. The molecular formula is C15H14N2O2. The number of rotatable bonds is 3. The molecule has 0 saturated heterocycles. The molecule has 19 heavy (non-hydrogen) atoms. The second-order valence-electron chi connectivity index (χ2n) is 4.65. The van der Waals surface area contributed by atoms with Crippen molar-refractivity contribution in [3.63, 3.8) is 0 Å². The molecule has 4 heteroatoms. The Morgan fingerprint density at radius 3 is 2.42 bits per heavy atom. The van der Waals surface area contributed by atoms with Gasteiger partial charge in [0, 0.05) is 18.3 Å². The highest BCUT2D eigenvalue weighted by Crippen LogP contribution is 2.29. The summed E-state index contributed by atoms with van der Waals surface area (Å²) in [6.45, 7) is 0. The van der Waals surface area contributed by atoms with E-state index in [0.29, 0.717) is 11.6 Å². The average molecular weight is 254 g/mol. The van der Waals surface area contributed by atoms with Crippen LogP contribution in [-0.2, 0) is 12.8 Å². The van der Waals surface area contributed by atoms with Crippen LogP contribution < -0.4 is 4.74 Å². The molecule has 96 valence electrons. The topological polar surface area (TPSA) is 52.1 Å². The van der Waals surface area contributed by atoms with Crippen molar-refractivity contribution in [3.05, 3.63) is 53.5 Å². The lowest BCUT2D eigenvalue weighted by Gasteiger charge is -2.09. The first kappa shape index (κ1) is 11.8. The lowest BCUT2D eigenvalue weighted by atomic mass is 9.98. The van der Waals surface area contributed by atoms with Gasteiger partial charge in [-0.2, -0.15) is 0 Å². The van der Waals surface area contributed by atoms with Crippen LogP contribution in [0.2, 0.25) is 0 Å². The Kier molecular flexibility index (Phi) is 2.99. The predicted octanol–water partition coefficient (Wildman–Crippen LogP) is 2.08. The van der Waals surface area contributed by atoms with Gasteiger partial charge >= 0.3 is 0 Å². The highest BCUT2D eigenvalue weighted by molar-refractivity contribution is 5.98. The number of ether oxygens (including phenoxy) is 1. The summed E-state index contributed by atoms with van der Waals surface area (Å²) < 4.78 is 5.11. The number of hydrogen-bond acceptors (Lipinski definition) is 4. The van der Waals surface area contributed by atoms with E-state index in [1.807, 2.05) is 12.1 Å². The largest absolute Gasteiger partial charge is 0.479 e. The molecule has 0 amide bonds. The van der Waals surface area contributed by atoms with Gasteiger partial charge in [-0.1, -0.05) is 24.3 Å². The van der Waals surface area contributed by atoms with E-state index in [-0.39, 0.29) is 11.7 Å². The minimum absolute atomic E-state index is 0.0150. The minimum Gasteiger partial charge on any atom is -0.479 e. The maximum absolute atomic E-state index is 12.5. The Morgan fingerprint density at radius 1 is 1.16 bits per heavy atom. The van der Waals surface area contributed by atoms with Crippen molar-refractivity contribution in [1.82, 2.24) is 9.97 Å². The number of nitrogens with zero attached hydrogens (tertiary/aromatic N) is 2. The lowest BCUT2D eigenvalue weighted by molar-refractivity contribution is 0.0915. The van der Waals surface area contributed by atoms with Crippen LogP contribution in [0.4, 0.5) is 0 Å². The van der Waals surface area contributed by atoms with Gasteiger partial charge in [-0.15, -0.1) is 0 Å². The zero-order valence-electron chi connectivity index (χ0n) is 10.7. The number of carbonyl (C=O) groups excluding carboxylic acids is 1. The smallest absolute Gasteiger partial charge is 0.243 e. The number of carbonyl (C=O) groups is 1. The van der Waals surface area contributed by atoms with Crippen molar-refractivity contribution >= 4 is 5.78 Å². The molecular weight excluding hydrogens is 240 g/mol. The van der Waals surface area contributed by atoms with Gasteiger partial charge in [0.1, 0.15) is 0 Å².